The van der Waals surface area contributed by atoms with Gasteiger partial charge in [-0.25, -0.2) is 0 Å². The number of aryl methyl sites for hydroxylation is 2. The van der Waals surface area contributed by atoms with Crippen LogP contribution in [0, 0.1) is 13.8 Å². The van der Waals surface area contributed by atoms with Crippen LogP contribution in [0.1, 0.15) is 11.4 Å². The molecule has 2 aromatic carbocycles. The van der Waals surface area contributed by atoms with Crippen LogP contribution < -0.4 is 9.31 Å². The fourth-order valence-electron chi connectivity index (χ4n) is 2.74. The highest BCUT2D eigenvalue weighted by Gasteiger charge is 2.05. The van der Waals surface area contributed by atoms with Gasteiger partial charge in [0.15, 0.2) is 0 Å². The number of benzene rings is 2. The van der Waals surface area contributed by atoms with Crippen molar-refractivity contribution >= 4 is 7.69 Å². The van der Waals surface area contributed by atoms with Crippen LogP contribution in [0.15, 0.2) is 60.7 Å². The number of aromatic amines is 2. The van der Waals surface area contributed by atoms with Gasteiger partial charge in [0.2, 0.25) is 0 Å². The van der Waals surface area contributed by atoms with Crippen molar-refractivity contribution in [2.45, 2.75) is 13.8 Å². The van der Waals surface area contributed by atoms with E-state index in [4.69, 9.17) is 9.31 Å². The van der Waals surface area contributed by atoms with Gasteiger partial charge < -0.3 is 9.31 Å². The van der Waals surface area contributed by atoms with Crippen LogP contribution >= 0.6 is 0 Å². The molecular formula is C20H19BN4O2. The summed E-state index contributed by atoms with van der Waals surface area (Å²) in [6, 6.07) is 19.6. The molecule has 2 N–H and O–H groups in total. The summed E-state index contributed by atoms with van der Waals surface area (Å²) in [5.74, 6) is 1.49. The summed E-state index contributed by atoms with van der Waals surface area (Å²) in [5, 5.41) is 14.4. The zero-order chi connectivity index (χ0) is 18.6. The zero-order valence-corrected chi connectivity index (χ0v) is 15.2. The van der Waals surface area contributed by atoms with Crippen LogP contribution in [0.4, 0.5) is 0 Å². The van der Waals surface area contributed by atoms with Crippen LogP contribution in [-0.4, -0.2) is 28.1 Å². The molecule has 0 radical (unpaired) electrons. The fraction of sp³-hybridized carbons (Fsp3) is 0.100. The van der Waals surface area contributed by atoms with Gasteiger partial charge in [0, 0.05) is 22.5 Å². The Hall–Kier alpha value is -3.48. The van der Waals surface area contributed by atoms with Crippen molar-refractivity contribution in [2.24, 2.45) is 0 Å². The van der Waals surface area contributed by atoms with Gasteiger partial charge in [-0.05, 0) is 74.5 Å². The van der Waals surface area contributed by atoms with E-state index in [1.807, 2.05) is 74.5 Å². The first-order valence-electron chi connectivity index (χ1n) is 8.68. The van der Waals surface area contributed by atoms with E-state index in [2.05, 4.69) is 20.4 Å². The molecule has 0 amide bonds. The molecule has 27 heavy (non-hydrogen) atoms. The smallest absolute Gasteiger partial charge is 0.529 e. The number of aromatic nitrogens is 4. The Balaban J connectivity index is 1.31. The SMILES string of the molecule is Cc1cc(-c2ccc(OBOc3ccc(-c4cc(C)[nH]n4)cc3)cc2)n[nH]1. The van der Waals surface area contributed by atoms with Gasteiger partial charge in [0.05, 0.1) is 11.4 Å². The summed E-state index contributed by atoms with van der Waals surface area (Å²) in [5.41, 5.74) is 5.98. The first-order chi connectivity index (χ1) is 13.2. The molecule has 6 nitrogen and oxygen atoms in total. The highest BCUT2D eigenvalue weighted by Crippen LogP contribution is 2.22. The summed E-state index contributed by atoms with van der Waals surface area (Å²) in [7, 11) is 0.141. The van der Waals surface area contributed by atoms with Gasteiger partial charge in [0.25, 0.3) is 0 Å². The maximum atomic E-state index is 5.66. The summed E-state index contributed by atoms with van der Waals surface area (Å²) >= 11 is 0. The highest BCUT2D eigenvalue weighted by atomic mass is 16.6. The molecule has 0 aliphatic carbocycles. The second-order valence-electron chi connectivity index (χ2n) is 6.33. The second kappa shape index (κ2) is 7.41. The van der Waals surface area contributed by atoms with E-state index in [1.165, 1.54) is 0 Å². The van der Waals surface area contributed by atoms with Crippen molar-refractivity contribution in [3.05, 3.63) is 72.1 Å². The van der Waals surface area contributed by atoms with Gasteiger partial charge >= 0.3 is 7.69 Å². The number of rotatable bonds is 6. The van der Waals surface area contributed by atoms with Crippen LogP contribution in [-0.2, 0) is 0 Å². The third kappa shape index (κ3) is 4.03. The molecule has 4 aromatic rings. The lowest BCUT2D eigenvalue weighted by atomic mass is 10.1. The standard InChI is InChI=1S/C20H19BN4O2/c1-13-11-19(24-22-13)15-3-7-17(8-4-15)26-21-27-18-9-5-16(6-10-18)20-12-14(2)23-25-20/h3-12,21H,1-2H3,(H,22,24)(H,23,25). The van der Waals surface area contributed by atoms with E-state index >= 15 is 0 Å². The minimum Gasteiger partial charge on any atom is -0.529 e. The average Bonchev–Trinajstić information content (AvgIpc) is 3.31. The van der Waals surface area contributed by atoms with E-state index < -0.39 is 0 Å². The molecule has 0 aliphatic rings. The Bertz CT molecular complexity index is 939. The number of hydrogen-bond donors (Lipinski definition) is 2. The molecule has 0 bridgehead atoms. The second-order valence-corrected chi connectivity index (χ2v) is 6.33. The van der Waals surface area contributed by atoms with E-state index in [-0.39, 0.29) is 7.69 Å². The Kier molecular flexibility index (Phi) is 4.66. The third-order valence-corrected chi connectivity index (χ3v) is 4.16. The van der Waals surface area contributed by atoms with E-state index in [9.17, 15) is 0 Å². The maximum Gasteiger partial charge on any atom is 0.576 e. The molecule has 0 saturated heterocycles. The lowest BCUT2D eigenvalue weighted by Gasteiger charge is -2.08. The van der Waals surface area contributed by atoms with Gasteiger partial charge in [-0.2, -0.15) is 10.2 Å². The molecular weight excluding hydrogens is 339 g/mol. The average molecular weight is 358 g/mol. The molecule has 0 fully saturated rings. The maximum absolute atomic E-state index is 5.66. The van der Waals surface area contributed by atoms with E-state index in [0.717, 1.165) is 45.4 Å². The molecule has 0 aliphatic heterocycles. The molecule has 134 valence electrons. The molecule has 2 aromatic heterocycles. The molecule has 2 heterocycles. The highest BCUT2D eigenvalue weighted by molar-refractivity contribution is 6.20. The number of nitrogens with one attached hydrogen (secondary N) is 2. The van der Waals surface area contributed by atoms with Crippen molar-refractivity contribution in [1.29, 1.82) is 0 Å². The predicted molar refractivity (Wildman–Crippen MR) is 106 cm³/mol. The van der Waals surface area contributed by atoms with Crippen molar-refractivity contribution in [3.8, 4) is 34.0 Å². The normalized spacial score (nSPS) is 10.6. The van der Waals surface area contributed by atoms with Gasteiger partial charge in [-0.15, -0.1) is 0 Å². The van der Waals surface area contributed by atoms with Crippen LogP contribution in [0.3, 0.4) is 0 Å². The molecule has 0 spiro atoms. The van der Waals surface area contributed by atoms with Crippen molar-refractivity contribution in [1.82, 2.24) is 20.4 Å². The molecule has 0 atom stereocenters. The van der Waals surface area contributed by atoms with Crippen molar-refractivity contribution < 1.29 is 9.31 Å². The minimum absolute atomic E-state index is 0.141. The molecule has 4 rings (SSSR count). The largest absolute Gasteiger partial charge is 0.576 e. The third-order valence-electron chi connectivity index (χ3n) is 4.16. The topological polar surface area (TPSA) is 75.8 Å². The monoisotopic (exact) mass is 358 g/mol. The number of H-pyrrole nitrogens is 2. The first kappa shape index (κ1) is 17.0. The fourth-order valence-corrected chi connectivity index (χ4v) is 2.74. The van der Waals surface area contributed by atoms with Gasteiger partial charge in [-0.1, -0.05) is 0 Å². The zero-order valence-electron chi connectivity index (χ0n) is 15.2. The Labute approximate surface area is 157 Å². The van der Waals surface area contributed by atoms with Gasteiger partial charge in [0.1, 0.15) is 11.5 Å². The Morgan fingerprint density at radius 1 is 0.667 bits per heavy atom. The Morgan fingerprint density at radius 3 is 1.41 bits per heavy atom. The quantitative estimate of drug-likeness (QED) is 0.514. The van der Waals surface area contributed by atoms with Crippen molar-refractivity contribution in [3.63, 3.8) is 0 Å². The van der Waals surface area contributed by atoms with Crippen LogP contribution in [0.2, 0.25) is 0 Å². The lowest BCUT2D eigenvalue weighted by molar-refractivity contribution is 0.459. The summed E-state index contributed by atoms with van der Waals surface area (Å²) in [6.45, 7) is 3.96. The summed E-state index contributed by atoms with van der Waals surface area (Å²) in [6.07, 6.45) is 0. The van der Waals surface area contributed by atoms with Crippen molar-refractivity contribution in [2.75, 3.05) is 0 Å². The summed E-state index contributed by atoms with van der Waals surface area (Å²) in [4.78, 5) is 0. The minimum atomic E-state index is 0.141. The molecule has 0 unspecified atom stereocenters. The lowest BCUT2D eigenvalue weighted by Crippen LogP contribution is -2.10. The van der Waals surface area contributed by atoms with E-state index in [1.54, 1.807) is 0 Å². The predicted octanol–water partition coefficient (Wildman–Crippen LogP) is 3.81. The first-order valence-corrected chi connectivity index (χ1v) is 8.68. The number of nitrogens with zero attached hydrogens (tertiary/aromatic N) is 2. The molecule has 7 heteroatoms. The summed E-state index contributed by atoms with van der Waals surface area (Å²) < 4.78 is 11.3. The van der Waals surface area contributed by atoms with Crippen LogP contribution in [0.5, 0.6) is 11.5 Å². The van der Waals surface area contributed by atoms with Gasteiger partial charge in [-0.3, -0.25) is 10.2 Å². The van der Waals surface area contributed by atoms with Crippen LogP contribution in [0.25, 0.3) is 22.5 Å². The van der Waals surface area contributed by atoms with E-state index in [0.29, 0.717) is 0 Å². The molecule has 0 saturated carbocycles. The Morgan fingerprint density at radius 2 is 1.07 bits per heavy atom. The number of hydrogen-bond acceptors (Lipinski definition) is 4.